The van der Waals surface area contributed by atoms with Gasteiger partial charge in [0, 0.05) is 40.4 Å². The number of fused-ring (bicyclic) bond motifs is 3. The standard InChI is InChI=1S/C27H27FN2O2/c28-19-8-9-21-23(13-19)30-24(14-27(10-11-27)15-25(30)32)26(21)17-6-7-18(16-31)22(12-17)29-20-4-2-1-3-5-20/h6-9,12-13,16,20,29H,1-5,10-11,14-15H2. The first-order valence-electron chi connectivity index (χ1n) is 11.8. The first-order valence-corrected chi connectivity index (χ1v) is 11.8. The second kappa shape index (κ2) is 7.29. The van der Waals surface area contributed by atoms with E-state index >= 15 is 0 Å². The largest absolute Gasteiger partial charge is 0.382 e. The van der Waals surface area contributed by atoms with Gasteiger partial charge in [0.2, 0.25) is 5.91 Å². The molecule has 164 valence electrons. The van der Waals surface area contributed by atoms with Gasteiger partial charge in [-0.3, -0.25) is 14.2 Å². The normalized spacial score (nSPS) is 19.8. The number of halogens is 1. The fraction of sp³-hybridized carbons (Fsp3) is 0.407. The molecule has 3 aliphatic rings. The molecular formula is C27H27FN2O2. The maximum absolute atomic E-state index is 14.2. The quantitative estimate of drug-likeness (QED) is 0.489. The van der Waals surface area contributed by atoms with Crippen molar-refractivity contribution in [2.45, 2.75) is 63.8 Å². The highest BCUT2D eigenvalue weighted by molar-refractivity contribution is 6.05. The van der Waals surface area contributed by atoms with Crippen LogP contribution in [0.25, 0.3) is 22.0 Å². The Hall–Kier alpha value is -2.95. The van der Waals surface area contributed by atoms with Gasteiger partial charge in [0.1, 0.15) is 5.82 Å². The maximum Gasteiger partial charge on any atom is 0.231 e. The molecule has 0 radical (unpaired) electrons. The molecule has 32 heavy (non-hydrogen) atoms. The summed E-state index contributed by atoms with van der Waals surface area (Å²) in [5.74, 6) is -0.268. The third kappa shape index (κ3) is 3.17. The van der Waals surface area contributed by atoms with E-state index in [-0.39, 0.29) is 17.1 Å². The summed E-state index contributed by atoms with van der Waals surface area (Å²) in [6.07, 6.45) is 10.4. The van der Waals surface area contributed by atoms with Gasteiger partial charge in [-0.15, -0.1) is 0 Å². The van der Waals surface area contributed by atoms with Crippen LogP contribution in [0.3, 0.4) is 0 Å². The SMILES string of the molecule is O=Cc1ccc(-c2c3n(c4cc(F)ccc24)C(=O)CC2(CC2)C3)cc1NC1CCCCC1. The van der Waals surface area contributed by atoms with Gasteiger partial charge in [-0.2, -0.15) is 0 Å². The molecule has 0 unspecified atom stereocenters. The zero-order chi connectivity index (χ0) is 21.9. The maximum atomic E-state index is 14.2. The summed E-state index contributed by atoms with van der Waals surface area (Å²) in [5, 5.41) is 4.51. The Balaban J connectivity index is 1.52. The lowest BCUT2D eigenvalue weighted by Gasteiger charge is -2.25. The molecule has 6 rings (SSSR count). The predicted molar refractivity (Wildman–Crippen MR) is 124 cm³/mol. The van der Waals surface area contributed by atoms with Gasteiger partial charge in [0.05, 0.1) is 5.52 Å². The number of benzene rings is 2. The lowest BCUT2D eigenvalue weighted by Crippen LogP contribution is -2.27. The summed E-state index contributed by atoms with van der Waals surface area (Å²) >= 11 is 0. The number of carbonyl (C=O) groups excluding carboxylic acids is 2. The van der Waals surface area contributed by atoms with E-state index in [2.05, 4.69) is 11.4 Å². The molecule has 0 saturated heterocycles. The van der Waals surface area contributed by atoms with E-state index in [1.54, 1.807) is 10.6 Å². The number of rotatable bonds is 4. The van der Waals surface area contributed by atoms with Gasteiger partial charge in [-0.1, -0.05) is 25.3 Å². The molecule has 1 aromatic heterocycles. The summed E-state index contributed by atoms with van der Waals surface area (Å²) in [6, 6.07) is 11.0. The van der Waals surface area contributed by atoms with E-state index in [4.69, 9.17) is 0 Å². The fourth-order valence-electron chi connectivity index (χ4n) is 5.84. The van der Waals surface area contributed by atoms with Crippen molar-refractivity contribution in [3.63, 3.8) is 0 Å². The van der Waals surface area contributed by atoms with E-state index < -0.39 is 0 Å². The first kappa shape index (κ1) is 19.7. The highest BCUT2D eigenvalue weighted by Crippen LogP contribution is 2.56. The van der Waals surface area contributed by atoms with E-state index in [0.717, 1.165) is 66.3 Å². The van der Waals surface area contributed by atoms with Crippen molar-refractivity contribution >= 4 is 28.8 Å². The molecule has 4 nitrogen and oxygen atoms in total. The lowest BCUT2D eigenvalue weighted by molar-refractivity contribution is 0.0851. The molecule has 0 amide bonds. The Kier molecular flexibility index (Phi) is 4.49. The highest BCUT2D eigenvalue weighted by atomic mass is 19.1. The van der Waals surface area contributed by atoms with Crippen LogP contribution in [0.2, 0.25) is 0 Å². The average Bonchev–Trinajstić information content (AvgIpc) is 3.45. The Bertz CT molecular complexity index is 1250. The molecule has 5 heteroatoms. The Morgan fingerprint density at radius 1 is 1.03 bits per heavy atom. The van der Waals surface area contributed by atoms with Crippen molar-refractivity contribution in [1.29, 1.82) is 0 Å². The van der Waals surface area contributed by atoms with Gasteiger partial charge < -0.3 is 5.32 Å². The zero-order valence-electron chi connectivity index (χ0n) is 18.1. The summed E-state index contributed by atoms with van der Waals surface area (Å²) in [5.41, 5.74) is 5.20. The third-order valence-corrected chi connectivity index (χ3v) is 7.74. The molecule has 3 aromatic rings. The molecule has 2 fully saturated rings. The second-order valence-electron chi connectivity index (χ2n) is 9.97. The molecule has 2 heterocycles. The lowest BCUT2D eigenvalue weighted by atomic mass is 9.88. The van der Waals surface area contributed by atoms with E-state index in [0.29, 0.717) is 23.5 Å². The number of aromatic nitrogens is 1. The van der Waals surface area contributed by atoms with Crippen molar-refractivity contribution in [2.75, 3.05) is 5.32 Å². The first-order chi connectivity index (χ1) is 15.6. The minimum absolute atomic E-state index is 0.0654. The summed E-state index contributed by atoms with van der Waals surface area (Å²) < 4.78 is 15.9. The minimum atomic E-state index is -0.334. The van der Waals surface area contributed by atoms with Crippen LogP contribution in [0.15, 0.2) is 36.4 Å². The van der Waals surface area contributed by atoms with Crippen molar-refractivity contribution in [2.24, 2.45) is 5.41 Å². The number of anilines is 1. The Morgan fingerprint density at radius 2 is 1.84 bits per heavy atom. The molecule has 0 bridgehead atoms. The molecule has 1 N–H and O–H groups in total. The van der Waals surface area contributed by atoms with Gasteiger partial charge in [0.15, 0.2) is 6.29 Å². The summed E-state index contributed by atoms with van der Waals surface area (Å²) in [6.45, 7) is 0. The molecule has 2 aliphatic carbocycles. The van der Waals surface area contributed by atoms with Crippen LogP contribution in [-0.2, 0) is 6.42 Å². The number of hydrogen-bond acceptors (Lipinski definition) is 3. The van der Waals surface area contributed by atoms with Crippen LogP contribution in [0.4, 0.5) is 10.1 Å². The average molecular weight is 431 g/mol. The summed E-state index contributed by atoms with van der Waals surface area (Å²) in [7, 11) is 0. The van der Waals surface area contributed by atoms with Gasteiger partial charge in [0.25, 0.3) is 0 Å². The third-order valence-electron chi connectivity index (χ3n) is 7.74. The topological polar surface area (TPSA) is 51.1 Å². The predicted octanol–water partition coefficient (Wildman–Crippen LogP) is 6.37. The molecule has 2 aromatic carbocycles. The number of nitrogens with zero attached hydrogens (tertiary/aromatic N) is 1. The van der Waals surface area contributed by atoms with Crippen LogP contribution in [0, 0.1) is 11.2 Å². The van der Waals surface area contributed by atoms with Crippen molar-refractivity contribution in [3.05, 3.63) is 53.5 Å². The van der Waals surface area contributed by atoms with Crippen LogP contribution in [0.5, 0.6) is 0 Å². The molecule has 1 aliphatic heterocycles. The molecule has 1 spiro atoms. The Labute approximate surface area is 186 Å². The number of hydrogen-bond donors (Lipinski definition) is 1. The van der Waals surface area contributed by atoms with E-state index in [1.807, 2.05) is 12.1 Å². The molecule has 2 saturated carbocycles. The van der Waals surface area contributed by atoms with Gasteiger partial charge in [-0.05, 0) is 73.4 Å². The summed E-state index contributed by atoms with van der Waals surface area (Å²) in [4.78, 5) is 24.9. The number of aldehydes is 1. The monoisotopic (exact) mass is 430 g/mol. The number of carbonyl (C=O) groups is 2. The molecule has 0 atom stereocenters. The zero-order valence-corrected chi connectivity index (χ0v) is 18.1. The molecular weight excluding hydrogens is 403 g/mol. The smallest absolute Gasteiger partial charge is 0.231 e. The Morgan fingerprint density at radius 3 is 2.59 bits per heavy atom. The van der Waals surface area contributed by atoms with Gasteiger partial charge in [-0.25, -0.2) is 4.39 Å². The van der Waals surface area contributed by atoms with Crippen molar-refractivity contribution in [1.82, 2.24) is 4.57 Å². The van der Waals surface area contributed by atoms with Crippen LogP contribution in [0.1, 0.15) is 72.2 Å². The van der Waals surface area contributed by atoms with Crippen LogP contribution < -0.4 is 5.32 Å². The van der Waals surface area contributed by atoms with Crippen molar-refractivity contribution in [3.8, 4) is 11.1 Å². The minimum Gasteiger partial charge on any atom is -0.382 e. The highest BCUT2D eigenvalue weighted by Gasteiger charge is 2.49. The van der Waals surface area contributed by atoms with Crippen molar-refractivity contribution < 1.29 is 14.0 Å². The van der Waals surface area contributed by atoms with Crippen LogP contribution in [-0.4, -0.2) is 22.8 Å². The van der Waals surface area contributed by atoms with Gasteiger partial charge >= 0.3 is 0 Å². The number of nitrogens with one attached hydrogen (secondary N) is 1. The van der Waals surface area contributed by atoms with Crippen LogP contribution >= 0.6 is 0 Å². The second-order valence-corrected chi connectivity index (χ2v) is 9.97. The van der Waals surface area contributed by atoms with E-state index in [9.17, 15) is 14.0 Å². The fourth-order valence-corrected chi connectivity index (χ4v) is 5.84. The van der Waals surface area contributed by atoms with E-state index in [1.165, 1.54) is 31.4 Å².